The number of amidine groups is 1. The number of hydrazone groups is 1. The lowest BCUT2D eigenvalue weighted by Crippen LogP contribution is -2.61. The molecular formula is C22H23N6O3+. The van der Waals surface area contributed by atoms with Crippen LogP contribution in [0.15, 0.2) is 64.7 Å². The highest BCUT2D eigenvalue weighted by Gasteiger charge is 2.51. The molecule has 0 spiro atoms. The van der Waals surface area contributed by atoms with Gasteiger partial charge in [0.15, 0.2) is 0 Å². The van der Waals surface area contributed by atoms with Crippen molar-refractivity contribution in [1.82, 2.24) is 15.2 Å². The zero-order valence-electron chi connectivity index (χ0n) is 17.5. The van der Waals surface area contributed by atoms with Crippen molar-refractivity contribution >= 4 is 29.9 Å². The molecule has 4 rings (SSSR count). The van der Waals surface area contributed by atoms with Crippen molar-refractivity contribution < 1.29 is 18.9 Å². The van der Waals surface area contributed by atoms with Gasteiger partial charge in [-0.05, 0) is 35.4 Å². The number of ether oxygens (including phenoxy) is 1. The summed E-state index contributed by atoms with van der Waals surface area (Å²) in [6, 6.07) is 16.1. The Labute approximate surface area is 179 Å². The van der Waals surface area contributed by atoms with Crippen molar-refractivity contribution in [3.05, 3.63) is 65.7 Å². The van der Waals surface area contributed by atoms with Crippen molar-refractivity contribution in [3.8, 4) is 5.75 Å². The molecule has 2 aromatic rings. The number of nitrogens with zero attached hydrogens (tertiary/aromatic N) is 5. The second-order valence-electron chi connectivity index (χ2n) is 7.19. The highest BCUT2D eigenvalue weighted by molar-refractivity contribution is 6.22. The monoisotopic (exact) mass is 419 g/mol. The van der Waals surface area contributed by atoms with Crippen LogP contribution in [0.25, 0.3) is 0 Å². The van der Waals surface area contributed by atoms with Crippen molar-refractivity contribution in [1.29, 1.82) is 0 Å². The van der Waals surface area contributed by atoms with Crippen LogP contribution >= 0.6 is 0 Å². The number of likely N-dealkylation sites (N-methyl/N-ethyl adjacent to an activating group) is 2. The highest BCUT2D eigenvalue weighted by atomic mass is 16.5. The van der Waals surface area contributed by atoms with E-state index in [4.69, 9.17) is 4.74 Å². The van der Waals surface area contributed by atoms with Gasteiger partial charge in [-0.15, -0.1) is 5.10 Å². The number of guanidine groups is 1. The zero-order chi connectivity index (χ0) is 22.0. The molecule has 31 heavy (non-hydrogen) atoms. The number of hydrogen-bond acceptors (Lipinski definition) is 6. The van der Waals surface area contributed by atoms with Crippen molar-refractivity contribution in [2.45, 2.75) is 12.6 Å². The first-order chi connectivity index (χ1) is 15.0. The third-order valence-electron chi connectivity index (χ3n) is 5.22. The van der Waals surface area contributed by atoms with Gasteiger partial charge < -0.3 is 4.74 Å². The Morgan fingerprint density at radius 3 is 2.48 bits per heavy atom. The molecule has 0 saturated carbocycles. The van der Waals surface area contributed by atoms with Crippen molar-refractivity contribution in [3.63, 3.8) is 0 Å². The number of carbonyl (C=O) groups excluding carboxylic acids is 2. The van der Waals surface area contributed by atoms with Gasteiger partial charge in [-0.2, -0.15) is 5.43 Å². The summed E-state index contributed by atoms with van der Waals surface area (Å²) in [5, 5.41) is 4.29. The van der Waals surface area contributed by atoms with Gasteiger partial charge in [0.1, 0.15) is 5.75 Å². The van der Waals surface area contributed by atoms with Gasteiger partial charge in [-0.3, -0.25) is 14.6 Å². The lowest BCUT2D eigenvalue weighted by Gasteiger charge is -2.31. The Hall–Kier alpha value is -4.01. The third-order valence-corrected chi connectivity index (χ3v) is 5.22. The second kappa shape index (κ2) is 8.39. The zero-order valence-corrected chi connectivity index (χ0v) is 17.5. The lowest BCUT2D eigenvalue weighted by molar-refractivity contribution is -0.553. The van der Waals surface area contributed by atoms with Crippen LogP contribution in [0.1, 0.15) is 11.1 Å². The molecule has 2 aliphatic heterocycles. The molecule has 0 aliphatic carbocycles. The summed E-state index contributed by atoms with van der Waals surface area (Å²) >= 11 is 0. The van der Waals surface area contributed by atoms with E-state index in [0.29, 0.717) is 18.3 Å². The Morgan fingerprint density at radius 2 is 1.81 bits per heavy atom. The van der Waals surface area contributed by atoms with E-state index < -0.39 is 12.1 Å². The fourth-order valence-electron chi connectivity index (χ4n) is 3.49. The molecule has 0 radical (unpaired) electrons. The van der Waals surface area contributed by atoms with Crippen molar-refractivity contribution in [2.24, 2.45) is 10.1 Å². The van der Waals surface area contributed by atoms with E-state index in [2.05, 4.69) is 15.5 Å². The molecular weight excluding hydrogens is 396 g/mol. The number of fused-ring (bicyclic) bond motifs is 1. The number of imide groups is 1. The fraction of sp³-hybridized carbons (Fsp3) is 0.227. The van der Waals surface area contributed by atoms with Gasteiger partial charge in [0.25, 0.3) is 5.91 Å². The Balaban J connectivity index is 1.64. The van der Waals surface area contributed by atoms with Crippen LogP contribution in [-0.4, -0.2) is 71.6 Å². The molecule has 1 saturated heterocycles. The van der Waals surface area contributed by atoms with Gasteiger partial charge in [0.2, 0.25) is 11.9 Å². The number of benzene rings is 2. The summed E-state index contributed by atoms with van der Waals surface area (Å²) in [5.74, 6) is 1.21. The summed E-state index contributed by atoms with van der Waals surface area (Å²) in [7, 11) is 4.70. The third kappa shape index (κ3) is 3.89. The van der Waals surface area contributed by atoms with E-state index in [1.54, 1.807) is 20.4 Å². The van der Waals surface area contributed by atoms with Gasteiger partial charge >= 0.3 is 12.0 Å². The summed E-state index contributed by atoms with van der Waals surface area (Å²) in [4.78, 5) is 32.3. The first kappa shape index (κ1) is 20.3. The number of amides is 3. The minimum absolute atomic E-state index is 0.325. The molecule has 1 unspecified atom stereocenters. The smallest absolute Gasteiger partial charge is 0.414 e. The maximum absolute atomic E-state index is 12.9. The molecule has 2 aliphatic rings. The molecule has 3 amide bonds. The molecule has 9 heteroatoms. The van der Waals surface area contributed by atoms with E-state index in [-0.39, 0.29) is 5.91 Å². The van der Waals surface area contributed by atoms with Gasteiger partial charge in [-0.25, -0.2) is 9.37 Å². The van der Waals surface area contributed by atoms with Gasteiger partial charge in [0, 0.05) is 14.1 Å². The molecule has 0 aromatic heterocycles. The first-order valence-electron chi connectivity index (χ1n) is 9.74. The Bertz CT molecular complexity index is 1090. The topological polar surface area (TPSA) is 89.6 Å². The van der Waals surface area contributed by atoms with E-state index in [1.807, 2.05) is 59.2 Å². The second-order valence-corrected chi connectivity index (χ2v) is 7.19. The number of rotatable bonds is 5. The number of urea groups is 1. The number of nitrogens with one attached hydrogen (secondary N) is 1. The SMILES string of the molecule is COc1ccc(/C=N/NC2=[N+](Cc3ccccc3)C3C(=O)N(C)C(=O)N(C)C3=N2)cc1. The van der Waals surface area contributed by atoms with Crippen LogP contribution < -0.4 is 10.2 Å². The molecule has 0 bridgehead atoms. The normalized spacial score (nSPS) is 18.5. The summed E-state index contributed by atoms with van der Waals surface area (Å²) in [6.07, 6.45) is 1.65. The van der Waals surface area contributed by atoms with Crippen LogP contribution in [0.3, 0.4) is 0 Å². The minimum Gasteiger partial charge on any atom is -0.497 e. The van der Waals surface area contributed by atoms with Crippen LogP contribution in [0.2, 0.25) is 0 Å². The molecule has 1 fully saturated rings. The predicted molar refractivity (Wildman–Crippen MR) is 116 cm³/mol. The van der Waals surface area contributed by atoms with Crippen LogP contribution in [0.4, 0.5) is 4.79 Å². The quantitative estimate of drug-likeness (QED) is 0.452. The predicted octanol–water partition coefficient (Wildman–Crippen LogP) is 1.49. The number of hydrogen-bond donors (Lipinski definition) is 1. The molecule has 2 aromatic carbocycles. The van der Waals surface area contributed by atoms with Gasteiger partial charge in [0.05, 0.1) is 19.9 Å². The Morgan fingerprint density at radius 1 is 1.10 bits per heavy atom. The number of carbonyl (C=O) groups is 2. The molecule has 1 atom stereocenters. The average Bonchev–Trinajstić information content (AvgIpc) is 3.15. The molecule has 2 heterocycles. The summed E-state index contributed by atoms with van der Waals surface area (Å²) < 4.78 is 6.98. The summed E-state index contributed by atoms with van der Waals surface area (Å²) in [6.45, 7) is 0.431. The van der Waals surface area contributed by atoms with Crippen LogP contribution in [-0.2, 0) is 11.3 Å². The fourth-order valence-corrected chi connectivity index (χ4v) is 3.49. The van der Waals surface area contributed by atoms with E-state index in [9.17, 15) is 9.59 Å². The Kier molecular flexibility index (Phi) is 5.48. The van der Waals surface area contributed by atoms with E-state index in [1.165, 1.54) is 11.9 Å². The first-order valence-corrected chi connectivity index (χ1v) is 9.74. The average molecular weight is 419 g/mol. The minimum atomic E-state index is -0.702. The van der Waals surface area contributed by atoms with Crippen LogP contribution in [0, 0.1) is 0 Å². The number of aliphatic imine (C=N–C) groups is 1. The van der Waals surface area contributed by atoms with E-state index >= 15 is 0 Å². The molecule has 158 valence electrons. The van der Waals surface area contributed by atoms with Crippen molar-refractivity contribution in [2.75, 3.05) is 21.2 Å². The van der Waals surface area contributed by atoms with Crippen LogP contribution in [0.5, 0.6) is 5.75 Å². The largest absolute Gasteiger partial charge is 0.497 e. The summed E-state index contributed by atoms with van der Waals surface area (Å²) in [5.41, 5.74) is 4.82. The maximum atomic E-state index is 12.9. The lowest BCUT2D eigenvalue weighted by atomic mass is 10.1. The molecule has 1 N–H and O–H groups in total. The number of methoxy groups -OCH3 is 1. The standard InChI is InChI=1S/C22H22N6O3/c1-26-19-18(20(29)27(2)22(26)30)28(14-16-7-5-4-6-8-16)21(24-19)25-23-13-15-9-11-17(31-3)12-10-15/h4-13,18H,14H2,1-3H3/p+1/b23-13+. The maximum Gasteiger partial charge on any atom is 0.414 e. The van der Waals surface area contributed by atoms with Gasteiger partial charge in [-0.1, -0.05) is 35.3 Å². The molecule has 9 nitrogen and oxygen atoms in total. The van der Waals surface area contributed by atoms with E-state index in [0.717, 1.165) is 21.8 Å². The highest BCUT2D eigenvalue weighted by Crippen LogP contribution is 2.20.